The zero-order valence-corrected chi connectivity index (χ0v) is 9.07. The molecule has 4 heteroatoms. The van der Waals surface area contributed by atoms with E-state index in [1.54, 1.807) is 38.4 Å². The van der Waals surface area contributed by atoms with E-state index in [2.05, 4.69) is 4.98 Å². The summed E-state index contributed by atoms with van der Waals surface area (Å²) in [7, 11) is 3.14. The van der Waals surface area contributed by atoms with Crippen LogP contribution in [-0.2, 0) is 0 Å². The van der Waals surface area contributed by atoms with Crippen LogP contribution in [0.25, 0.3) is 10.9 Å². The van der Waals surface area contributed by atoms with Crippen LogP contribution in [0.15, 0.2) is 30.3 Å². The number of amides is 1. The van der Waals surface area contributed by atoms with E-state index in [1.807, 2.05) is 0 Å². The van der Waals surface area contributed by atoms with Gasteiger partial charge in [0.1, 0.15) is 0 Å². The molecule has 2 rings (SSSR count). The van der Waals surface area contributed by atoms with Crippen molar-refractivity contribution in [1.82, 2.24) is 9.88 Å². The molecular formula is C12H11FN2O. The van der Waals surface area contributed by atoms with E-state index in [0.29, 0.717) is 10.9 Å². The summed E-state index contributed by atoms with van der Waals surface area (Å²) >= 11 is 0. The molecular weight excluding hydrogens is 207 g/mol. The molecule has 0 bridgehead atoms. The molecule has 0 N–H and O–H groups in total. The molecule has 0 radical (unpaired) electrons. The van der Waals surface area contributed by atoms with Crippen LogP contribution in [0.5, 0.6) is 0 Å². The summed E-state index contributed by atoms with van der Waals surface area (Å²) < 4.78 is 13.6. The van der Waals surface area contributed by atoms with Crippen LogP contribution in [0.2, 0.25) is 0 Å². The van der Waals surface area contributed by atoms with Crippen LogP contribution in [-0.4, -0.2) is 29.9 Å². The van der Waals surface area contributed by atoms with Crippen LogP contribution in [0.1, 0.15) is 10.5 Å². The Morgan fingerprint density at radius 2 is 2.00 bits per heavy atom. The van der Waals surface area contributed by atoms with Gasteiger partial charge in [-0.05, 0) is 12.1 Å². The highest BCUT2D eigenvalue weighted by Crippen LogP contribution is 2.16. The molecule has 0 unspecified atom stereocenters. The zero-order valence-electron chi connectivity index (χ0n) is 9.07. The van der Waals surface area contributed by atoms with Gasteiger partial charge in [0.2, 0.25) is 0 Å². The first-order chi connectivity index (χ1) is 7.59. The number of benzene rings is 1. The molecule has 1 amide bonds. The number of rotatable bonds is 1. The quantitative estimate of drug-likeness (QED) is 0.734. The lowest BCUT2D eigenvalue weighted by molar-refractivity contribution is 0.0817. The van der Waals surface area contributed by atoms with Gasteiger partial charge in [-0.15, -0.1) is 0 Å². The molecule has 1 aromatic carbocycles. The molecule has 0 atom stereocenters. The lowest BCUT2D eigenvalue weighted by Crippen LogP contribution is -2.24. The summed E-state index contributed by atoms with van der Waals surface area (Å²) in [6.45, 7) is 0. The maximum atomic E-state index is 13.6. The maximum Gasteiger partial charge on any atom is 0.275 e. The van der Waals surface area contributed by atoms with Gasteiger partial charge in [0.25, 0.3) is 5.91 Å². The van der Waals surface area contributed by atoms with Gasteiger partial charge in [0.15, 0.2) is 11.5 Å². The van der Waals surface area contributed by atoms with Gasteiger partial charge in [0.05, 0.1) is 5.52 Å². The third-order valence-corrected chi connectivity index (χ3v) is 2.29. The predicted octanol–water partition coefficient (Wildman–Crippen LogP) is 2.08. The number of halogens is 1. The summed E-state index contributed by atoms with van der Waals surface area (Å²) in [4.78, 5) is 17.0. The van der Waals surface area contributed by atoms with E-state index in [-0.39, 0.29) is 5.69 Å². The molecule has 3 nitrogen and oxygen atoms in total. The monoisotopic (exact) mass is 218 g/mol. The number of carbonyl (C=O) groups is 1. The van der Waals surface area contributed by atoms with Crippen LogP contribution in [0, 0.1) is 5.82 Å². The third kappa shape index (κ3) is 1.74. The van der Waals surface area contributed by atoms with E-state index in [4.69, 9.17) is 0 Å². The number of aromatic nitrogens is 1. The number of carbonyl (C=O) groups excluding carboxylic acids is 1. The van der Waals surface area contributed by atoms with E-state index in [1.165, 1.54) is 11.0 Å². The van der Waals surface area contributed by atoms with Crippen molar-refractivity contribution in [3.05, 3.63) is 41.8 Å². The largest absolute Gasteiger partial charge is 0.343 e. The van der Waals surface area contributed by atoms with Crippen LogP contribution >= 0.6 is 0 Å². The summed E-state index contributed by atoms with van der Waals surface area (Å²) in [5.74, 6) is -1.01. The fourth-order valence-electron chi connectivity index (χ4n) is 1.45. The average Bonchev–Trinajstić information content (AvgIpc) is 2.27. The highest BCUT2D eigenvalue weighted by atomic mass is 19.1. The van der Waals surface area contributed by atoms with Gasteiger partial charge in [-0.2, -0.15) is 0 Å². The van der Waals surface area contributed by atoms with Crippen molar-refractivity contribution in [3.63, 3.8) is 0 Å². The molecule has 0 saturated heterocycles. The van der Waals surface area contributed by atoms with E-state index in [0.717, 1.165) is 0 Å². The van der Waals surface area contributed by atoms with Crippen molar-refractivity contribution in [1.29, 1.82) is 0 Å². The molecule has 1 aromatic heterocycles. The first-order valence-electron chi connectivity index (χ1n) is 4.86. The lowest BCUT2D eigenvalue weighted by Gasteiger charge is -2.10. The smallest absolute Gasteiger partial charge is 0.275 e. The van der Waals surface area contributed by atoms with Crippen molar-refractivity contribution in [2.45, 2.75) is 0 Å². The van der Waals surface area contributed by atoms with Gasteiger partial charge in [-0.25, -0.2) is 9.37 Å². The first kappa shape index (κ1) is 10.5. The molecule has 82 valence electrons. The van der Waals surface area contributed by atoms with Crippen LogP contribution < -0.4 is 0 Å². The van der Waals surface area contributed by atoms with Gasteiger partial charge in [0, 0.05) is 19.5 Å². The van der Waals surface area contributed by atoms with E-state index >= 15 is 0 Å². The van der Waals surface area contributed by atoms with Crippen molar-refractivity contribution in [3.8, 4) is 0 Å². The number of para-hydroxylation sites is 1. The minimum absolute atomic E-state index is 0.135. The standard InChI is InChI=1S/C12H11FN2O/c1-15(2)12(16)11-9(13)7-8-5-3-4-6-10(8)14-11/h3-7H,1-2H3. The minimum atomic E-state index is -0.586. The molecule has 0 aliphatic carbocycles. The Morgan fingerprint density at radius 3 is 2.69 bits per heavy atom. The normalized spacial score (nSPS) is 10.4. The Morgan fingerprint density at radius 1 is 1.31 bits per heavy atom. The molecule has 0 spiro atoms. The fourth-order valence-corrected chi connectivity index (χ4v) is 1.45. The van der Waals surface area contributed by atoms with Crippen LogP contribution in [0.3, 0.4) is 0 Å². The van der Waals surface area contributed by atoms with Gasteiger partial charge in [-0.1, -0.05) is 18.2 Å². The molecule has 1 heterocycles. The Hall–Kier alpha value is -1.97. The van der Waals surface area contributed by atoms with Crippen molar-refractivity contribution in [2.24, 2.45) is 0 Å². The highest BCUT2D eigenvalue weighted by Gasteiger charge is 2.16. The molecule has 16 heavy (non-hydrogen) atoms. The highest BCUT2D eigenvalue weighted by molar-refractivity contribution is 5.94. The van der Waals surface area contributed by atoms with Gasteiger partial charge in [-0.3, -0.25) is 4.79 Å². The summed E-state index contributed by atoms with van der Waals surface area (Å²) in [6.07, 6.45) is 0. The summed E-state index contributed by atoms with van der Waals surface area (Å²) in [5.41, 5.74) is 0.484. The van der Waals surface area contributed by atoms with E-state index < -0.39 is 11.7 Å². The number of nitrogens with zero attached hydrogens (tertiary/aromatic N) is 2. The molecule has 0 fully saturated rings. The topological polar surface area (TPSA) is 33.2 Å². The average molecular weight is 218 g/mol. The Labute approximate surface area is 92.5 Å². The Balaban J connectivity index is 2.63. The zero-order chi connectivity index (χ0) is 11.7. The molecule has 2 aromatic rings. The number of fused-ring (bicyclic) bond motifs is 1. The number of hydrogen-bond donors (Lipinski definition) is 0. The van der Waals surface area contributed by atoms with Gasteiger partial charge >= 0.3 is 0 Å². The Bertz CT molecular complexity index is 552. The molecule has 0 aliphatic heterocycles. The second kappa shape index (κ2) is 3.89. The van der Waals surface area contributed by atoms with Crippen molar-refractivity contribution in [2.75, 3.05) is 14.1 Å². The lowest BCUT2D eigenvalue weighted by atomic mass is 10.2. The minimum Gasteiger partial charge on any atom is -0.343 e. The maximum absolute atomic E-state index is 13.6. The number of pyridine rings is 1. The summed E-state index contributed by atoms with van der Waals surface area (Å²) in [5, 5.41) is 0.690. The molecule has 0 aliphatic rings. The third-order valence-electron chi connectivity index (χ3n) is 2.29. The van der Waals surface area contributed by atoms with Crippen LogP contribution in [0.4, 0.5) is 4.39 Å². The SMILES string of the molecule is CN(C)C(=O)c1nc2ccccc2cc1F. The second-order valence-corrected chi connectivity index (χ2v) is 3.71. The summed E-state index contributed by atoms with van der Waals surface area (Å²) in [6, 6.07) is 8.45. The first-order valence-corrected chi connectivity index (χ1v) is 4.86. The van der Waals surface area contributed by atoms with Gasteiger partial charge < -0.3 is 4.90 Å². The predicted molar refractivity (Wildman–Crippen MR) is 59.7 cm³/mol. The molecule has 0 saturated carbocycles. The van der Waals surface area contributed by atoms with E-state index in [9.17, 15) is 9.18 Å². The Kier molecular flexibility index (Phi) is 2.56. The number of hydrogen-bond acceptors (Lipinski definition) is 2. The van der Waals surface area contributed by atoms with Crippen molar-refractivity contribution < 1.29 is 9.18 Å². The van der Waals surface area contributed by atoms with Crippen molar-refractivity contribution >= 4 is 16.8 Å². The second-order valence-electron chi connectivity index (χ2n) is 3.71. The fraction of sp³-hybridized carbons (Fsp3) is 0.167.